The van der Waals surface area contributed by atoms with Crippen molar-refractivity contribution in [3.63, 3.8) is 0 Å². The van der Waals surface area contributed by atoms with Crippen LogP contribution in [0.3, 0.4) is 0 Å². The first-order valence-corrected chi connectivity index (χ1v) is 9.59. The maximum absolute atomic E-state index is 12.6. The lowest BCUT2D eigenvalue weighted by Crippen LogP contribution is -2.53. The third-order valence-corrected chi connectivity index (χ3v) is 5.45. The lowest BCUT2D eigenvalue weighted by molar-refractivity contribution is -0.0244. The summed E-state index contributed by atoms with van der Waals surface area (Å²) < 4.78 is 7.72. The molecule has 1 aliphatic heterocycles. The van der Waals surface area contributed by atoms with Crippen LogP contribution in [-0.4, -0.2) is 53.1 Å². The number of nitrogens with one attached hydrogen (secondary N) is 1. The summed E-state index contributed by atoms with van der Waals surface area (Å²) in [6, 6.07) is 0.0555. The molecule has 1 unspecified atom stereocenters. The molecule has 25 heavy (non-hydrogen) atoms. The molecule has 0 aromatic carbocycles. The lowest BCUT2D eigenvalue weighted by atomic mass is 9.64. The van der Waals surface area contributed by atoms with E-state index in [-0.39, 0.29) is 12.1 Å². The summed E-state index contributed by atoms with van der Waals surface area (Å²) >= 11 is 0. The number of hydrogen-bond donors (Lipinski definition) is 1. The van der Waals surface area contributed by atoms with Gasteiger partial charge in [-0.2, -0.15) is 5.10 Å². The number of hydrogen-bond acceptors (Lipinski definition) is 3. The van der Waals surface area contributed by atoms with Gasteiger partial charge in [-0.05, 0) is 43.1 Å². The van der Waals surface area contributed by atoms with Crippen LogP contribution in [0.1, 0.15) is 45.1 Å². The molecule has 3 rings (SSSR count). The summed E-state index contributed by atoms with van der Waals surface area (Å²) in [6.45, 7) is 9.95. The quantitative estimate of drug-likeness (QED) is 0.860. The van der Waals surface area contributed by atoms with Crippen LogP contribution in [0.25, 0.3) is 0 Å². The summed E-state index contributed by atoms with van der Waals surface area (Å²) in [5.74, 6) is 0.683. The second kappa shape index (κ2) is 7.77. The lowest BCUT2D eigenvalue weighted by Gasteiger charge is -2.44. The van der Waals surface area contributed by atoms with Gasteiger partial charge in [-0.15, -0.1) is 0 Å². The first-order chi connectivity index (χ1) is 12.0. The van der Waals surface area contributed by atoms with Crippen molar-refractivity contribution in [2.75, 3.05) is 26.2 Å². The van der Waals surface area contributed by atoms with E-state index in [4.69, 9.17) is 4.74 Å². The summed E-state index contributed by atoms with van der Waals surface area (Å²) in [5.41, 5.74) is 1.48. The van der Waals surface area contributed by atoms with E-state index in [1.807, 2.05) is 28.9 Å². The number of aromatic nitrogens is 2. The van der Waals surface area contributed by atoms with Crippen LogP contribution >= 0.6 is 0 Å². The largest absolute Gasteiger partial charge is 0.373 e. The van der Waals surface area contributed by atoms with Crippen molar-refractivity contribution in [3.05, 3.63) is 18.0 Å². The maximum atomic E-state index is 12.6. The molecular weight excluding hydrogens is 316 g/mol. The third kappa shape index (κ3) is 4.75. The van der Waals surface area contributed by atoms with Gasteiger partial charge in [0, 0.05) is 19.3 Å². The zero-order valence-electron chi connectivity index (χ0n) is 15.8. The molecule has 6 nitrogen and oxygen atoms in total. The number of morpholine rings is 1. The Morgan fingerprint density at radius 3 is 2.88 bits per heavy atom. The van der Waals surface area contributed by atoms with Crippen molar-refractivity contribution in [3.8, 4) is 0 Å². The van der Waals surface area contributed by atoms with Crippen LogP contribution in [0.4, 0.5) is 4.79 Å². The molecule has 0 radical (unpaired) electrons. The van der Waals surface area contributed by atoms with E-state index in [0.29, 0.717) is 37.6 Å². The Kier molecular flexibility index (Phi) is 5.67. The number of amides is 2. The van der Waals surface area contributed by atoms with Gasteiger partial charge in [0.15, 0.2) is 0 Å². The van der Waals surface area contributed by atoms with E-state index in [2.05, 4.69) is 24.3 Å². The Labute approximate surface area is 150 Å². The predicted octanol–water partition coefficient (Wildman–Crippen LogP) is 2.82. The van der Waals surface area contributed by atoms with Crippen molar-refractivity contribution >= 4 is 6.03 Å². The first kappa shape index (κ1) is 18.2. The molecule has 0 spiro atoms. The molecule has 1 saturated heterocycles. The molecule has 1 aliphatic carbocycles. The van der Waals surface area contributed by atoms with E-state index >= 15 is 0 Å². The Morgan fingerprint density at radius 1 is 1.48 bits per heavy atom. The second-order valence-electron chi connectivity index (χ2n) is 8.29. The predicted molar refractivity (Wildman–Crippen MR) is 97.4 cm³/mol. The number of carbonyl (C=O) groups is 1. The van der Waals surface area contributed by atoms with E-state index in [1.54, 1.807) is 0 Å². The number of nitrogens with zero attached hydrogens (tertiary/aromatic N) is 3. The van der Waals surface area contributed by atoms with Crippen LogP contribution in [0.15, 0.2) is 12.4 Å². The van der Waals surface area contributed by atoms with Gasteiger partial charge < -0.3 is 15.0 Å². The minimum Gasteiger partial charge on any atom is -0.373 e. The number of carbonyl (C=O) groups excluding carboxylic acids is 1. The highest BCUT2D eigenvalue weighted by Crippen LogP contribution is 2.45. The summed E-state index contributed by atoms with van der Waals surface area (Å²) in [4.78, 5) is 14.5. The molecule has 1 saturated carbocycles. The number of urea groups is 1. The van der Waals surface area contributed by atoms with Crippen LogP contribution < -0.4 is 5.32 Å². The van der Waals surface area contributed by atoms with Crippen molar-refractivity contribution in [2.24, 2.45) is 11.3 Å². The molecule has 2 aliphatic rings. The van der Waals surface area contributed by atoms with Gasteiger partial charge in [0.2, 0.25) is 0 Å². The first-order valence-electron chi connectivity index (χ1n) is 9.59. The summed E-state index contributed by atoms with van der Waals surface area (Å²) in [7, 11) is 0. The van der Waals surface area contributed by atoms with E-state index in [0.717, 1.165) is 12.1 Å². The van der Waals surface area contributed by atoms with Crippen LogP contribution in [0.5, 0.6) is 0 Å². The molecule has 2 heterocycles. The Morgan fingerprint density at radius 2 is 2.28 bits per heavy atom. The highest BCUT2D eigenvalue weighted by Gasteiger charge is 2.38. The fraction of sp³-hybridized carbons (Fsp3) is 0.789. The molecule has 1 aromatic rings. The molecule has 2 fully saturated rings. The monoisotopic (exact) mass is 348 g/mol. The van der Waals surface area contributed by atoms with Gasteiger partial charge in [0.1, 0.15) is 0 Å². The number of rotatable bonds is 6. The average Bonchev–Trinajstić information content (AvgIpc) is 2.94. The van der Waals surface area contributed by atoms with Gasteiger partial charge in [-0.25, -0.2) is 4.79 Å². The SMILES string of the molecule is Cc1cnn(CC2CN(C(=O)NCC3(CC(C)C)CCC3)CCO2)c1. The van der Waals surface area contributed by atoms with Crippen LogP contribution in [0, 0.1) is 18.3 Å². The minimum atomic E-state index is 0.00660. The van der Waals surface area contributed by atoms with Gasteiger partial charge >= 0.3 is 6.03 Å². The fourth-order valence-electron chi connectivity index (χ4n) is 4.16. The van der Waals surface area contributed by atoms with Gasteiger partial charge in [-0.3, -0.25) is 4.68 Å². The topological polar surface area (TPSA) is 59.4 Å². The highest BCUT2D eigenvalue weighted by atomic mass is 16.5. The normalized spacial score (nSPS) is 22.7. The zero-order valence-corrected chi connectivity index (χ0v) is 15.8. The number of ether oxygens (including phenoxy) is 1. The van der Waals surface area contributed by atoms with Crippen molar-refractivity contribution < 1.29 is 9.53 Å². The van der Waals surface area contributed by atoms with E-state index in [1.165, 1.54) is 25.7 Å². The molecule has 6 heteroatoms. The molecule has 2 amide bonds. The standard InChI is InChI=1S/C19H32N4O2/c1-15(2)9-19(5-4-6-19)14-20-18(24)22-7-8-25-17(12-22)13-23-11-16(3)10-21-23/h10-11,15,17H,4-9,12-14H2,1-3H3,(H,20,24). The average molecular weight is 348 g/mol. The molecule has 0 bridgehead atoms. The van der Waals surface area contributed by atoms with Crippen LogP contribution in [-0.2, 0) is 11.3 Å². The Balaban J connectivity index is 1.48. The summed E-state index contributed by atoms with van der Waals surface area (Å²) in [6.07, 6.45) is 8.86. The molecular formula is C19H32N4O2. The molecule has 1 atom stereocenters. The van der Waals surface area contributed by atoms with E-state index < -0.39 is 0 Å². The number of aryl methyl sites for hydroxylation is 1. The van der Waals surface area contributed by atoms with Crippen molar-refractivity contribution in [2.45, 2.75) is 59.1 Å². The molecule has 1 N–H and O–H groups in total. The Hall–Kier alpha value is -1.56. The maximum Gasteiger partial charge on any atom is 0.317 e. The van der Waals surface area contributed by atoms with E-state index in [9.17, 15) is 4.79 Å². The highest BCUT2D eigenvalue weighted by molar-refractivity contribution is 5.74. The zero-order chi connectivity index (χ0) is 17.9. The van der Waals surface area contributed by atoms with Gasteiger partial charge in [0.25, 0.3) is 0 Å². The minimum absolute atomic E-state index is 0.00660. The van der Waals surface area contributed by atoms with Crippen molar-refractivity contribution in [1.29, 1.82) is 0 Å². The molecule has 140 valence electrons. The molecule has 1 aromatic heterocycles. The fourth-order valence-corrected chi connectivity index (χ4v) is 4.16. The van der Waals surface area contributed by atoms with Crippen molar-refractivity contribution in [1.82, 2.24) is 20.0 Å². The Bertz CT molecular complexity index is 580. The van der Waals surface area contributed by atoms with Gasteiger partial charge in [-0.1, -0.05) is 20.3 Å². The smallest absolute Gasteiger partial charge is 0.317 e. The van der Waals surface area contributed by atoms with Crippen LogP contribution in [0.2, 0.25) is 0 Å². The third-order valence-electron chi connectivity index (χ3n) is 5.45. The second-order valence-corrected chi connectivity index (χ2v) is 8.29. The summed E-state index contributed by atoms with van der Waals surface area (Å²) in [5, 5.41) is 7.51. The van der Waals surface area contributed by atoms with Gasteiger partial charge in [0.05, 0.1) is 32.0 Å².